The van der Waals surface area contributed by atoms with E-state index in [1.54, 1.807) is 12.1 Å². The molecule has 1 aromatic carbocycles. The first-order valence-corrected chi connectivity index (χ1v) is 8.74. The zero-order chi connectivity index (χ0) is 17.5. The van der Waals surface area contributed by atoms with Crippen molar-refractivity contribution in [1.82, 2.24) is 5.32 Å². The van der Waals surface area contributed by atoms with Crippen LogP contribution in [0.5, 0.6) is 0 Å². The van der Waals surface area contributed by atoms with Crippen molar-refractivity contribution in [3.63, 3.8) is 0 Å². The molecule has 0 bridgehead atoms. The van der Waals surface area contributed by atoms with Gasteiger partial charge in [0.1, 0.15) is 0 Å². The topological polar surface area (TPSA) is 79.2 Å². The number of nitrogens with zero attached hydrogens (tertiary/aromatic N) is 1. The summed E-state index contributed by atoms with van der Waals surface area (Å²) in [5.74, 6) is -2.43. The van der Waals surface area contributed by atoms with E-state index in [-0.39, 0.29) is 6.54 Å². The van der Waals surface area contributed by atoms with Gasteiger partial charge in [0.15, 0.2) is 11.7 Å². The van der Waals surface area contributed by atoms with Crippen molar-refractivity contribution in [2.24, 2.45) is 5.92 Å². The fourth-order valence-corrected chi connectivity index (χ4v) is 3.24. The van der Waals surface area contributed by atoms with Crippen LogP contribution in [0, 0.1) is 17.2 Å². The number of nitrogens with one attached hydrogen (secondary N) is 1. The largest absolute Gasteiger partial charge is 0.383 e. The lowest BCUT2D eigenvalue weighted by Gasteiger charge is -2.08. The molecular weight excluding hydrogens is 392 g/mol. The number of Topliss-reactive ketones (excluding diaryl/α,β-unsaturated/α-hetero) is 1. The van der Waals surface area contributed by atoms with Crippen molar-refractivity contribution in [2.45, 2.75) is 0 Å². The molecule has 124 valence electrons. The van der Waals surface area contributed by atoms with Gasteiger partial charge >= 0.3 is 0 Å². The number of carbonyl (C=O) groups excluding carboxylic acids is 2. The van der Waals surface area contributed by atoms with Gasteiger partial charge in [-0.05, 0) is 29.8 Å². The van der Waals surface area contributed by atoms with Crippen molar-refractivity contribution in [2.75, 3.05) is 20.3 Å². The third-order valence-electron chi connectivity index (χ3n) is 3.24. The Balaban J connectivity index is 2.12. The molecule has 5 nitrogen and oxygen atoms in total. The molecule has 1 amide bonds. The van der Waals surface area contributed by atoms with E-state index in [4.69, 9.17) is 4.74 Å². The zero-order valence-electron chi connectivity index (χ0n) is 12.9. The Kier molecular flexibility index (Phi) is 6.67. The van der Waals surface area contributed by atoms with Crippen LogP contribution in [0.1, 0.15) is 9.67 Å². The van der Waals surface area contributed by atoms with E-state index >= 15 is 0 Å². The molecule has 1 atom stereocenters. The average molecular weight is 407 g/mol. The first-order valence-electron chi connectivity index (χ1n) is 7.13. The quantitative estimate of drug-likeness (QED) is 0.434. The van der Waals surface area contributed by atoms with Gasteiger partial charge in [-0.25, -0.2) is 0 Å². The summed E-state index contributed by atoms with van der Waals surface area (Å²) < 4.78 is 5.80. The van der Waals surface area contributed by atoms with Gasteiger partial charge in [0.2, 0.25) is 5.91 Å². The Morgan fingerprint density at radius 1 is 1.29 bits per heavy atom. The molecule has 1 heterocycles. The summed E-state index contributed by atoms with van der Waals surface area (Å²) in [6, 6.07) is 12.9. The van der Waals surface area contributed by atoms with Gasteiger partial charge in [-0.1, -0.05) is 28.1 Å². The van der Waals surface area contributed by atoms with E-state index in [9.17, 15) is 14.9 Å². The third kappa shape index (κ3) is 4.51. The summed E-state index contributed by atoms with van der Waals surface area (Å²) in [5, 5.41) is 11.7. The molecule has 24 heavy (non-hydrogen) atoms. The highest BCUT2D eigenvalue weighted by molar-refractivity contribution is 9.10. The number of benzene rings is 1. The van der Waals surface area contributed by atoms with Crippen LogP contribution in [0.3, 0.4) is 0 Å². The first kappa shape index (κ1) is 18.3. The van der Waals surface area contributed by atoms with Gasteiger partial charge in [-0.3, -0.25) is 9.59 Å². The van der Waals surface area contributed by atoms with E-state index < -0.39 is 17.6 Å². The van der Waals surface area contributed by atoms with Crippen molar-refractivity contribution >= 4 is 39.0 Å². The number of thiophene rings is 1. The van der Waals surface area contributed by atoms with E-state index in [0.29, 0.717) is 11.5 Å². The van der Waals surface area contributed by atoms with Crippen LogP contribution in [-0.4, -0.2) is 32.0 Å². The van der Waals surface area contributed by atoms with Crippen LogP contribution in [0.15, 0.2) is 40.9 Å². The number of nitriles is 1. The monoisotopic (exact) mass is 406 g/mol. The fourth-order valence-electron chi connectivity index (χ4n) is 2.00. The molecule has 0 aliphatic heterocycles. The molecule has 0 radical (unpaired) electrons. The summed E-state index contributed by atoms with van der Waals surface area (Å²) >= 11 is 4.65. The second kappa shape index (κ2) is 8.73. The molecule has 0 spiro atoms. The second-order valence-electron chi connectivity index (χ2n) is 4.88. The lowest BCUT2D eigenvalue weighted by molar-refractivity contribution is -0.122. The van der Waals surface area contributed by atoms with E-state index in [0.717, 1.165) is 14.9 Å². The lowest BCUT2D eigenvalue weighted by atomic mass is 10.0. The lowest BCUT2D eigenvalue weighted by Crippen LogP contribution is -2.36. The average Bonchev–Trinajstić information content (AvgIpc) is 3.06. The van der Waals surface area contributed by atoms with E-state index in [1.807, 2.05) is 30.3 Å². The zero-order valence-corrected chi connectivity index (χ0v) is 15.3. The molecule has 0 fully saturated rings. The number of ether oxygens (including phenoxy) is 1. The number of carbonyl (C=O) groups is 2. The minimum atomic E-state index is -1.35. The van der Waals surface area contributed by atoms with E-state index in [1.165, 1.54) is 18.4 Å². The maximum absolute atomic E-state index is 12.4. The molecule has 2 rings (SSSR count). The van der Waals surface area contributed by atoms with Crippen LogP contribution in [0.2, 0.25) is 0 Å². The summed E-state index contributed by atoms with van der Waals surface area (Å²) in [4.78, 5) is 25.7. The Hall–Kier alpha value is -2.01. The minimum Gasteiger partial charge on any atom is -0.383 e. The number of hydrogen-bond acceptors (Lipinski definition) is 5. The molecule has 1 unspecified atom stereocenters. The molecule has 0 aliphatic carbocycles. The number of rotatable bonds is 7. The summed E-state index contributed by atoms with van der Waals surface area (Å²) in [6.07, 6.45) is 0. The van der Waals surface area contributed by atoms with Gasteiger partial charge in [-0.15, -0.1) is 11.3 Å². The maximum atomic E-state index is 12.4. The fraction of sp³-hybridized carbons (Fsp3) is 0.235. The van der Waals surface area contributed by atoms with Gasteiger partial charge in [0, 0.05) is 23.0 Å². The highest BCUT2D eigenvalue weighted by atomic mass is 79.9. The molecule has 0 aliphatic rings. The van der Waals surface area contributed by atoms with Crippen LogP contribution in [0.4, 0.5) is 0 Å². The van der Waals surface area contributed by atoms with Crippen molar-refractivity contribution in [3.8, 4) is 16.5 Å². The number of halogens is 1. The predicted molar refractivity (Wildman–Crippen MR) is 95.8 cm³/mol. The Morgan fingerprint density at radius 2 is 2.00 bits per heavy atom. The molecule has 7 heteroatoms. The second-order valence-corrected chi connectivity index (χ2v) is 6.88. The first-order chi connectivity index (χ1) is 11.6. The Bertz CT molecular complexity index is 765. The van der Waals surface area contributed by atoms with Crippen LogP contribution in [0.25, 0.3) is 10.4 Å². The Labute approximate surface area is 152 Å². The van der Waals surface area contributed by atoms with Crippen LogP contribution >= 0.6 is 27.3 Å². The van der Waals surface area contributed by atoms with Crippen LogP contribution < -0.4 is 5.32 Å². The smallest absolute Gasteiger partial charge is 0.245 e. The molecular formula is C17H15BrN2O3S. The highest BCUT2D eigenvalue weighted by Crippen LogP contribution is 2.30. The van der Waals surface area contributed by atoms with E-state index in [2.05, 4.69) is 21.2 Å². The van der Waals surface area contributed by atoms with Crippen LogP contribution in [-0.2, 0) is 9.53 Å². The van der Waals surface area contributed by atoms with Gasteiger partial charge in [-0.2, -0.15) is 5.26 Å². The van der Waals surface area contributed by atoms with Crippen molar-refractivity contribution in [3.05, 3.63) is 45.7 Å². The third-order valence-corrected chi connectivity index (χ3v) is 4.91. The summed E-state index contributed by atoms with van der Waals surface area (Å²) in [5.41, 5.74) is 0.973. The normalized spacial score (nSPS) is 11.5. The van der Waals surface area contributed by atoms with Crippen molar-refractivity contribution < 1.29 is 14.3 Å². The Morgan fingerprint density at radius 3 is 2.62 bits per heavy atom. The number of amides is 1. The summed E-state index contributed by atoms with van der Waals surface area (Å²) in [6.45, 7) is 0.584. The molecule has 0 saturated heterocycles. The number of methoxy groups -OCH3 is 1. The van der Waals surface area contributed by atoms with Gasteiger partial charge in [0.05, 0.1) is 17.6 Å². The molecule has 0 saturated carbocycles. The highest BCUT2D eigenvalue weighted by Gasteiger charge is 2.28. The molecule has 2 aromatic rings. The number of hydrogen-bond donors (Lipinski definition) is 1. The number of ketones is 1. The standard InChI is InChI=1S/C17H15BrN2O3S/c1-23-9-8-20-17(22)13(10-19)16(21)15-7-6-14(24-15)11-2-4-12(18)5-3-11/h2-7,13H,8-9H2,1H3,(H,20,22). The molecule has 1 N–H and O–H groups in total. The maximum Gasteiger partial charge on any atom is 0.245 e. The summed E-state index contributed by atoms with van der Waals surface area (Å²) in [7, 11) is 1.51. The predicted octanol–water partition coefficient (Wildman–Crippen LogP) is 3.26. The van der Waals surface area contributed by atoms with Gasteiger partial charge < -0.3 is 10.1 Å². The SMILES string of the molecule is COCCNC(=O)C(C#N)C(=O)c1ccc(-c2ccc(Br)cc2)s1. The van der Waals surface area contributed by atoms with Gasteiger partial charge in [0.25, 0.3) is 0 Å². The van der Waals surface area contributed by atoms with Crippen molar-refractivity contribution in [1.29, 1.82) is 5.26 Å². The molecule has 1 aromatic heterocycles. The minimum absolute atomic E-state index is 0.259.